The van der Waals surface area contributed by atoms with E-state index in [2.05, 4.69) is 37.1 Å². The van der Waals surface area contributed by atoms with Crippen molar-refractivity contribution < 1.29 is 18.3 Å². The molecule has 4 N–H and O–H groups in total. The Balaban J connectivity index is 1.67. The fourth-order valence-corrected chi connectivity index (χ4v) is 5.52. The molecule has 2 aromatic rings. The average Bonchev–Trinajstić information content (AvgIpc) is 2.81. The maximum Gasteiger partial charge on any atom is 0.258 e. The number of carbonyl (C=O) groups is 1. The molecule has 1 amide bonds. The quantitative estimate of drug-likeness (QED) is 0.501. The van der Waals surface area contributed by atoms with E-state index in [-0.39, 0.29) is 11.3 Å². The number of rotatable bonds is 4. The number of aliphatic hydroxyl groups is 1. The summed E-state index contributed by atoms with van der Waals surface area (Å²) in [5, 5.41) is 15.1. The summed E-state index contributed by atoms with van der Waals surface area (Å²) >= 11 is 0. The second kappa shape index (κ2) is 10.8. The Labute approximate surface area is 206 Å². The normalized spacial score (nSPS) is 18.7. The van der Waals surface area contributed by atoms with Crippen molar-refractivity contribution in [1.82, 2.24) is 9.97 Å². The van der Waals surface area contributed by atoms with Crippen LogP contribution in [0.2, 0.25) is 0 Å². The molecular weight excluding hydrogens is 468 g/mol. The van der Waals surface area contributed by atoms with Gasteiger partial charge in [-0.1, -0.05) is 19.8 Å². The van der Waals surface area contributed by atoms with Crippen LogP contribution in [0.15, 0.2) is 30.5 Å². The molecule has 190 valence electrons. The fourth-order valence-electron chi connectivity index (χ4n) is 4.69. The van der Waals surface area contributed by atoms with Crippen LogP contribution in [-0.4, -0.2) is 61.4 Å². The number of sulfonamides is 1. The molecule has 1 aromatic carbocycles. The van der Waals surface area contributed by atoms with E-state index >= 15 is 0 Å². The molecule has 5 rings (SSSR count). The van der Waals surface area contributed by atoms with Crippen LogP contribution in [-0.2, 0) is 10.0 Å². The summed E-state index contributed by atoms with van der Waals surface area (Å²) in [5.41, 5.74) is 1.72. The van der Waals surface area contributed by atoms with Gasteiger partial charge in [0.1, 0.15) is 5.82 Å². The number of aliphatic hydroxyl groups excluding tert-OH is 1. The molecule has 0 spiro atoms. The molecular formula is C24H34N6O4S. The van der Waals surface area contributed by atoms with Crippen molar-refractivity contribution >= 4 is 39.1 Å². The first-order valence-corrected chi connectivity index (χ1v) is 13.8. The predicted molar refractivity (Wildman–Crippen MR) is 137 cm³/mol. The van der Waals surface area contributed by atoms with Gasteiger partial charge in [0.05, 0.1) is 29.3 Å². The second-order valence-electron chi connectivity index (χ2n) is 9.63. The van der Waals surface area contributed by atoms with E-state index in [9.17, 15) is 13.2 Å². The topological polar surface area (TPSA) is 137 Å². The molecule has 4 bridgehead atoms. The summed E-state index contributed by atoms with van der Waals surface area (Å²) < 4.78 is 26.9. The lowest BCUT2D eigenvalue weighted by Crippen LogP contribution is -2.39. The number of carbonyl (C=O) groups excluding carboxylic acids is 1. The van der Waals surface area contributed by atoms with Gasteiger partial charge in [-0.2, -0.15) is 4.98 Å². The summed E-state index contributed by atoms with van der Waals surface area (Å²) in [6, 6.07) is 6.54. The maximum absolute atomic E-state index is 13.3. The molecule has 0 aliphatic carbocycles. The van der Waals surface area contributed by atoms with Gasteiger partial charge in [0.15, 0.2) is 0 Å². The highest BCUT2D eigenvalue weighted by molar-refractivity contribution is 7.92. The van der Waals surface area contributed by atoms with E-state index in [1.807, 2.05) is 0 Å². The average molecular weight is 503 g/mol. The fraction of sp³-hybridized carbons (Fsp3) is 0.542. The minimum Gasteiger partial charge on any atom is -0.395 e. The van der Waals surface area contributed by atoms with E-state index in [1.54, 1.807) is 30.5 Å². The number of anilines is 4. The van der Waals surface area contributed by atoms with Crippen LogP contribution in [0.1, 0.15) is 55.8 Å². The molecule has 4 heterocycles. The lowest BCUT2D eigenvalue weighted by molar-refractivity contribution is 0.102. The van der Waals surface area contributed by atoms with Gasteiger partial charge >= 0.3 is 0 Å². The molecule has 35 heavy (non-hydrogen) atoms. The van der Waals surface area contributed by atoms with Crippen molar-refractivity contribution in [2.24, 2.45) is 5.41 Å². The molecule has 1 fully saturated rings. The molecule has 11 heteroatoms. The number of nitrogens with zero attached hydrogens (tertiary/aromatic N) is 3. The minimum atomic E-state index is -3.69. The van der Waals surface area contributed by atoms with Crippen molar-refractivity contribution in [2.75, 3.05) is 52.2 Å². The van der Waals surface area contributed by atoms with Gasteiger partial charge in [0.25, 0.3) is 5.91 Å². The summed E-state index contributed by atoms with van der Waals surface area (Å²) in [4.78, 5) is 24.1. The van der Waals surface area contributed by atoms with E-state index < -0.39 is 22.4 Å². The standard InChI is InChI=1S/C24H34N6O4S/c1-24-8-3-2-4-11-25-23-26-12-7-21(28-23)27-22(32)19-6-5-18(29-35(33,34)16-15-31)17-20(19)30(13-9-24)14-10-24/h5-7,12,17,29,31H,2-4,8-11,13-16H2,1H3,(H2,25,26,27,28,32). The molecule has 1 aromatic heterocycles. The van der Waals surface area contributed by atoms with Crippen LogP contribution in [0, 0.1) is 5.41 Å². The van der Waals surface area contributed by atoms with Gasteiger partial charge < -0.3 is 20.6 Å². The Hall–Kier alpha value is -2.92. The third-order valence-electron chi connectivity index (χ3n) is 6.82. The zero-order valence-corrected chi connectivity index (χ0v) is 20.9. The summed E-state index contributed by atoms with van der Waals surface area (Å²) in [7, 11) is -3.69. The Morgan fingerprint density at radius 2 is 1.94 bits per heavy atom. The number of hydrogen-bond acceptors (Lipinski definition) is 8. The Morgan fingerprint density at radius 3 is 2.71 bits per heavy atom. The molecule has 0 radical (unpaired) electrons. The molecule has 0 saturated carbocycles. The van der Waals surface area contributed by atoms with Crippen molar-refractivity contribution in [3.05, 3.63) is 36.0 Å². The number of benzene rings is 1. The van der Waals surface area contributed by atoms with Crippen LogP contribution in [0.25, 0.3) is 0 Å². The summed E-state index contributed by atoms with van der Waals surface area (Å²) in [5.74, 6) is 0.141. The van der Waals surface area contributed by atoms with E-state index in [0.717, 1.165) is 58.2 Å². The van der Waals surface area contributed by atoms with Crippen LogP contribution >= 0.6 is 0 Å². The van der Waals surface area contributed by atoms with Gasteiger partial charge in [0, 0.05) is 25.8 Å². The van der Waals surface area contributed by atoms with Crippen LogP contribution in [0.3, 0.4) is 0 Å². The van der Waals surface area contributed by atoms with Crippen LogP contribution in [0.4, 0.5) is 23.1 Å². The number of nitrogens with one attached hydrogen (secondary N) is 3. The molecule has 0 atom stereocenters. The van der Waals surface area contributed by atoms with Crippen molar-refractivity contribution in [1.29, 1.82) is 0 Å². The SMILES string of the molecule is CC12CCCCCNc3nccc(n3)NC(=O)c3ccc(NS(=O)(=O)CCO)cc3N(CC1)CC2. The first-order valence-electron chi connectivity index (χ1n) is 12.2. The molecule has 0 unspecified atom stereocenters. The highest BCUT2D eigenvalue weighted by atomic mass is 32.2. The van der Waals surface area contributed by atoms with E-state index in [1.165, 1.54) is 0 Å². The number of aromatic nitrogens is 2. The number of hydrogen-bond donors (Lipinski definition) is 4. The van der Waals surface area contributed by atoms with Gasteiger partial charge in [-0.05, 0) is 55.4 Å². The highest BCUT2D eigenvalue weighted by Crippen LogP contribution is 2.39. The number of piperidine rings is 1. The van der Waals surface area contributed by atoms with Gasteiger partial charge in [-0.25, -0.2) is 13.4 Å². The monoisotopic (exact) mass is 502 g/mol. The smallest absolute Gasteiger partial charge is 0.258 e. The Morgan fingerprint density at radius 1 is 1.14 bits per heavy atom. The summed E-state index contributed by atoms with van der Waals surface area (Å²) in [6.07, 6.45) is 8.07. The third-order valence-corrected chi connectivity index (χ3v) is 8.09. The predicted octanol–water partition coefficient (Wildman–Crippen LogP) is 3.06. The largest absolute Gasteiger partial charge is 0.395 e. The zero-order chi connectivity index (χ0) is 24.9. The Bertz CT molecular complexity index is 1150. The first-order chi connectivity index (χ1) is 16.8. The third kappa shape index (κ3) is 6.61. The van der Waals surface area contributed by atoms with Crippen LogP contribution < -0.4 is 20.3 Å². The van der Waals surface area contributed by atoms with Gasteiger partial charge in [0.2, 0.25) is 16.0 Å². The van der Waals surface area contributed by atoms with E-state index in [4.69, 9.17) is 5.11 Å². The zero-order valence-electron chi connectivity index (χ0n) is 20.1. The lowest BCUT2D eigenvalue weighted by atomic mass is 9.76. The number of fused-ring (bicyclic) bond motifs is 8. The summed E-state index contributed by atoms with van der Waals surface area (Å²) in [6.45, 7) is 4.21. The number of amides is 1. The highest BCUT2D eigenvalue weighted by Gasteiger charge is 2.31. The molecule has 3 aliphatic heterocycles. The lowest BCUT2D eigenvalue weighted by Gasteiger charge is -2.41. The van der Waals surface area contributed by atoms with Crippen molar-refractivity contribution in [3.8, 4) is 0 Å². The molecule has 1 saturated heterocycles. The molecule has 10 nitrogen and oxygen atoms in total. The minimum absolute atomic E-state index is 0.246. The van der Waals surface area contributed by atoms with Crippen LogP contribution in [0.5, 0.6) is 0 Å². The van der Waals surface area contributed by atoms with Gasteiger partial charge in [-0.15, -0.1) is 0 Å². The van der Waals surface area contributed by atoms with Crippen molar-refractivity contribution in [2.45, 2.75) is 45.4 Å². The van der Waals surface area contributed by atoms with E-state index in [0.29, 0.717) is 28.7 Å². The second-order valence-corrected chi connectivity index (χ2v) is 11.5. The molecule has 3 aliphatic rings. The maximum atomic E-state index is 13.3. The Kier molecular flexibility index (Phi) is 7.75. The first kappa shape index (κ1) is 25.2. The van der Waals surface area contributed by atoms with Crippen molar-refractivity contribution in [3.63, 3.8) is 0 Å². The van der Waals surface area contributed by atoms with Gasteiger partial charge in [-0.3, -0.25) is 9.52 Å².